The zero-order valence-corrected chi connectivity index (χ0v) is 14.1. The molecule has 0 spiro atoms. The number of aryl methyl sites for hydroxylation is 1. The van der Waals surface area contributed by atoms with Crippen molar-refractivity contribution in [3.63, 3.8) is 0 Å². The molecule has 3 aromatic heterocycles. The molecule has 5 rings (SSSR count). The zero-order valence-electron chi connectivity index (χ0n) is 13.3. The van der Waals surface area contributed by atoms with Gasteiger partial charge >= 0.3 is 0 Å². The van der Waals surface area contributed by atoms with E-state index in [0.29, 0.717) is 12.3 Å². The zero-order chi connectivity index (χ0) is 17.1. The van der Waals surface area contributed by atoms with Crippen LogP contribution in [0.1, 0.15) is 28.6 Å². The molecular formula is C16H16N4O4S. The maximum atomic E-state index is 10.6. The maximum Gasteiger partial charge on any atom is 0.164 e. The van der Waals surface area contributed by atoms with Gasteiger partial charge in [0.1, 0.15) is 36.4 Å². The lowest BCUT2D eigenvalue weighted by atomic mass is 10.0. The molecule has 5 atom stereocenters. The Morgan fingerprint density at radius 3 is 3.00 bits per heavy atom. The number of fused-ring (bicyclic) bond motifs is 2. The van der Waals surface area contributed by atoms with E-state index < -0.39 is 30.6 Å². The van der Waals surface area contributed by atoms with Gasteiger partial charge in [-0.05, 0) is 13.0 Å². The highest BCUT2D eigenvalue weighted by molar-refractivity contribution is 7.09. The van der Waals surface area contributed by atoms with Gasteiger partial charge in [-0.3, -0.25) is 0 Å². The second kappa shape index (κ2) is 5.55. The van der Waals surface area contributed by atoms with E-state index in [0.717, 1.165) is 21.7 Å². The molecule has 1 unspecified atom stereocenters. The molecule has 2 aliphatic rings. The molecule has 0 amide bonds. The van der Waals surface area contributed by atoms with E-state index in [2.05, 4.69) is 15.0 Å². The van der Waals surface area contributed by atoms with Crippen molar-refractivity contribution in [2.75, 3.05) is 0 Å². The summed E-state index contributed by atoms with van der Waals surface area (Å²) in [6, 6.07) is 1.88. The number of hydrogen-bond acceptors (Lipinski definition) is 8. The molecule has 0 bridgehead atoms. The standard InChI is InChI=1S/C16H16N4O4S/c1-7-8-2-3-20(15(8)18-5-17-7)16-12(22)11(21)14(24-16)13-10-9(4-23-13)25-6-19-10/h2-3,5-6,11-14,16,21-22H,4H2,1H3/t11-,12+,13?,14-,16+/m0/s1. The van der Waals surface area contributed by atoms with Gasteiger partial charge in [0.15, 0.2) is 6.23 Å². The van der Waals surface area contributed by atoms with Crippen molar-refractivity contribution in [2.24, 2.45) is 0 Å². The molecule has 0 aromatic carbocycles. The third kappa shape index (κ3) is 2.17. The van der Waals surface area contributed by atoms with Crippen LogP contribution < -0.4 is 0 Å². The molecule has 0 radical (unpaired) electrons. The SMILES string of the molecule is Cc1ncnc2c1ccn2[C@@H]1O[C@H](C2OCc3scnc32)[C@@H](O)[C@H]1O. The van der Waals surface area contributed by atoms with Gasteiger partial charge in [-0.25, -0.2) is 15.0 Å². The molecule has 0 saturated carbocycles. The van der Waals surface area contributed by atoms with Crippen molar-refractivity contribution in [2.45, 2.75) is 44.2 Å². The van der Waals surface area contributed by atoms with Crippen LogP contribution in [0.15, 0.2) is 24.1 Å². The Morgan fingerprint density at radius 1 is 1.24 bits per heavy atom. The average molecular weight is 360 g/mol. The number of aromatic nitrogens is 4. The van der Waals surface area contributed by atoms with E-state index >= 15 is 0 Å². The van der Waals surface area contributed by atoms with E-state index in [-0.39, 0.29) is 0 Å². The van der Waals surface area contributed by atoms with Crippen LogP contribution in [-0.2, 0) is 16.1 Å². The molecule has 2 N–H and O–H groups in total. The smallest absolute Gasteiger partial charge is 0.164 e. The topological polar surface area (TPSA) is 103 Å². The van der Waals surface area contributed by atoms with Crippen molar-refractivity contribution in [1.29, 1.82) is 0 Å². The summed E-state index contributed by atoms with van der Waals surface area (Å²) >= 11 is 1.52. The van der Waals surface area contributed by atoms with Crippen LogP contribution in [0.3, 0.4) is 0 Å². The minimum atomic E-state index is -1.10. The second-order valence-corrected chi connectivity index (χ2v) is 7.22. The first-order chi connectivity index (χ1) is 12.1. The van der Waals surface area contributed by atoms with Crippen molar-refractivity contribution < 1.29 is 19.7 Å². The van der Waals surface area contributed by atoms with Crippen LogP contribution >= 0.6 is 11.3 Å². The minimum absolute atomic E-state index is 0.455. The van der Waals surface area contributed by atoms with Gasteiger partial charge in [0, 0.05) is 11.6 Å². The maximum absolute atomic E-state index is 10.6. The predicted molar refractivity (Wildman–Crippen MR) is 87.8 cm³/mol. The Labute approximate surface area is 146 Å². The van der Waals surface area contributed by atoms with Gasteiger partial charge in [0.05, 0.1) is 28.4 Å². The van der Waals surface area contributed by atoms with E-state index in [1.165, 1.54) is 17.7 Å². The molecule has 25 heavy (non-hydrogen) atoms. The fourth-order valence-electron chi connectivity index (χ4n) is 3.58. The molecule has 1 saturated heterocycles. The summed E-state index contributed by atoms with van der Waals surface area (Å²) in [7, 11) is 0. The van der Waals surface area contributed by atoms with E-state index in [1.807, 2.05) is 13.0 Å². The van der Waals surface area contributed by atoms with Gasteiger partial charge < -0.3 is 24.3 Å². The fourth-order valence-corrected chi connectivity index (χ4v) is 4.30. The van der Waals surface area contributed by atoms with Gasteiger partial charge in [0.25, 0.3) is 0 Å². The summed E-state index contributed by atoms with van der Waals surface area (Å²) in [5, 5.41) is 22.0. The molecule has 2 aliphatic heterocycles. The second-order valence-electron chi connectivity index (χ2n) is 6.28. The van der Waals surface area contributed by atoms with Crippen LogP contribution in [0.2, 0.25) is 0 Å². The van der Waals surface area contributed by atoms with Gasteiger partial charge in [0.2, 0.25) is 0 Å². The summed E-state index contributed by atoms with van der Waals surface area (Å²) in [6.07, 6.45) is -0.828. The van der Waals surface area contributed by atoms with E-state index in [4.69, 9.17) is 9.47 Å². The molecule has 5 heterocycles. The Kier molecular flexibility index (Phi) is 3.41. The third-order valence-electron chi connectivity index (χ3n) is 4.89. The van der Waals surface area contributed by atoms with Gasteiger partial charge in [-0.15, -0.1) is 11.3 Å². The molecule has 8 nitrogen and oxygen atoms in total. The highest BCUT2D eigenvalue weighted by Crippen LogP contribution is 2.43. The molecule has 9 heteroatoms. The normalized spacial score (nSPS) is 31.7. The minimum Gasteiger partial charge on any atom is -0.387 e. The van der Waals surface area contributed by atoms with Crippen LogP contribution in [0.5, 0.6) is 0 Å². The van der Waals surface area contributed by atoms with Crippen LogP contribution in [0.25, 0.3) is 11.0 Å². The Bertz CT molecular complexity index is 941. The molecule has 130 valence electrons. The van der Waals surface area contributed by atoms with Crippen molar-refractivity contribution in [3.05, 3.63) is 40.4 Å². The summed E-state index contributed by atoms with van der Waals surface area (Å²) in [5.74, 6) is 0. The quantitative estimate of drug-likeness (QED) is 0.705. The number of rotatable bonds is 2. The van der Waals surface area contributed by atoms with Crippen molar-refractivity contribution in [3.8, 4) is 0 Å². The molecule has 1 fully saturated rings. The summed E-state index contributed by atoms with van der Waals surface area (Å²) in [6.45, 7) is 2.35. The monoisotopic (exact) mass is 360 g/mol. The molecular weight excluding hydrogens is 344 g/mol. The largest absolute Gasteiger partial charge is 0.387 e. The summed E-state index contributed by atoms with van der Waals surface area (Å²) in [5.41, 5.74) is 4.05. The first-order valence-corrected chi connectivity index (χ1v) is 8.86. The lowest BCUT2D eigenvalue weighted by Gasteiger charge is -2.20. The van der Waals surface area contributed by atoms with Crippen molar-refractivity contribution >= 4 is 22.4 Å². The third-order valence-corrected chi connectivity index (χ3v) is 5.71. The highest BCUT2D eigenvalue weighted by atomic mass is 32.1. The van der Waals surface area contributed by atoms with Gasteiger partial charge in [-0.2, -0.15) is 0 Å². The predicted octanol–water partition coefficient (Wildman–Crippen LogP) is 1.09. The Morgan fingerprint density at radius 2 is 2.12 bits per heavy atom. The van der Waals surface area contributed by atoms with E-state index in [9.17, 15) is 10.2 Å². The number of nitrogens with zero attached hydrogens (tertiary/aromatic N) is 4. The van der Waals surface area contributed by atoms with Crippen LogP contribution in [0.4, 0.5) is 0 Å². The fraction of sp³-hybridized carbons (Fsp3) is 0.438. The number of aliphatic hydroxyl groups is 2. The first kappa shape index (κ1) is 15.4. The highest BCUT2D eigenvalue weighted by Gasteiger charge is 2.50. The number of hydrogen-bond donors (Lipinski definition) is 2. The average Bonchev–Trinajstić information content (AvgIpc) is 3.34. The van der Waals surface area contributed by atoms with E-state index in [1.54, 1.807) is 16.3 Å². The Balaban J connectivity index is 1.50. The van der Waals surface area contributed by atoms with Crippen LogP contribution in [0, 0.1) is 6.92 Å². The Hall–Kier alpha value is -1.91. The summed E-state index contributed by atoms with van der Waals surface area (Å²) in [4.78, 5) is 13.8. The molecule has 0 aliphatic carbocycles. The number of aliphatic hydroxyl groups excluding tert-OH is 2. The van der Waals surface area contributed by atoms with Crippen LogP contribution in [-0.4, -0.2) is 48.0 Å². The molecule has 3 aromatic rings. The lowest BCUT2D eigenvalue weighted by Crippen LogP contribution is -2.34. The first-order valence-electron chi connectivity index (χ1n) is 7.98. The summed E-state index contributed by atoms with van der Waals surface area (Å²) < 4.78 is 13.5. The number of ether oxygens (including phenoxy) is 2. The van der Waals surface area contributed by atoms with Crippen molar-refractivity contribution in [1.82, 2.24) is 19.5 Å². The lowest BCUT2D eigenvalue weighted by molar-refractivity contribution is -0.105. The van der Waals surface area contributed by atoms with Gasteiger partial charge in [-0.1, -0.05) is 0 Å². The number of thiazole rings is 1.